The molecule has 1 nitrogen and oxygen atoms in total. The average Bonchev–Trinajstić information content (AvgIpc) is 2.79. The molecule has 30 heavy (non-hydrogen) atoms. The topological polar surface area (TPSA) is 9.23 Å². The zero-order valence-electron chi connectivity index (χ0n) is 18.4. The summed E-state index contributed by atoms with van der Waals surface area (Å²) in [5, 5.41) is 2.57. The first-order valence-corrected chi connectivity index (χ1v) is 12.5. The van der Waals surface area contributed by atoms with Crippen LogP contribution >= 0.6 is 8.15 Å². The summed E-state index contributed by atoms with van der Waals surface area (Å²) in [5.74, 6) is 1.73. The van der Waals surface area contributed by atoms with Gasteiger partial charge in [-0.2, -0.15) is 0 Å². The van der Waals surface area contributed by atoms with Gasteiger partial charge in [0.25, 0.3) is 0 Å². The van der Waals surface area contributed by atoms with Crippen LogP contribution in [-0.2, 0) is 10.1 Å². The Bertz CT molecular complexity index is 870. The van der Waals surface area contributed by atoms with E-state index < -0.39 is 8.15 Å². The lowest BCUT2D eigenvalue weighted by Gasteiger charge is -2.50. The van der Waals surface area contributed by atoms with Crippen LogP contribution in [0.3, 0.4) is 0 Å². The van der Waals surface area contributed by atoms with Crippen molar-refractivity contribution in [2.45, 2.75) is 45.6 Å². The normalized spacial score (nSPS) is 24.3. The maximum absolute atomic E-state index is 7.45. The van der Waals surface area contributed by atoms with Gasteiger partial charge in [-0.25, -0.2) is 0 Å². The van der Waals surface area contributed by atoms with Crippen molar-refractivity contribution in [3.63, 3.8) is 0 Å². The Hall–Kier alpha value is -1.95. The molecule has 0 aromatic heterocycles. The van der Waals surface area contributed by atoms with Gasteiger partial charge in [-0.15, -0.1) is 0 Å². The predicted molar refractivity (Wildman–Crippen MR) is 130 cm³/mol. The predicted octanol–water partition coefficient (Wildman–Crippen LogP) is 7.04. The minimum Gasteiger partial charge on any atom is -0.338 e. The summed E-state index contributed by atoms with van der Waals surface area (Å²) in [7, 11) is -0.916. The molecule has 3 atom stereocenters. The third-order valence-electron chi connectivity index (χ3n) is 6.52. The van der Waals surface area contributed by atoms with E-state index in [9.17, 15) is 0 Å². The Morgan fingerprint density at radius 1 is 0.767 bits per heavy atom. The Morgan fingerprint density at radius 3 is 1.77 bits per heavy atom. The van der Waals surface area contributed by atoms with Crippen LogP contribution in [0.5, 0.6) is 0 Å². The fourth-order valence-electron chi connectivity index (χ4n) is 5.09. The second kappa shape index (κ2) is 9.46. The van der Waals surface area contributed by atoms with Crippen molar-refractivity contribution in [1.82, 2.24) is 0 Å². The molecule has 0 saturated heterocycles. The molecule has 0 heterocycles. The molecule has 0 aliphatic heterocycles. The molecule has 0 spiro atoms. The van der Waals surface area contributed by atoms with Gasteiger partial charge in [-0.05, 0) is 36.2 Å². The van der Waals surface area contributed by atoms with Gasteiger partial charge in [0, 0.05) is 10.6 Å². The largest absolute Gasteiger partial charge is 0.338 e. The molecule has 3 aromatic rings. The van der Waals surface area contributed by atoms with E-state index in [2.05, 4.69) is 112 Å². The quantitative estimate of drug-likeness (QED) is 0.392. The van der Waals surface area contributed by atoms with E-state index in [1.807, 2.05) is 0 Å². The Morgan fingerprint density at radius 2 is 1.27 bits per heavy atom. The molecule has 1 saturated carbocycles. The van der Waals surface area contributed by atoms with Crippen LogP contribution in [0, 0.1) is 17.8 Å². The standard InChI is InChI=1S/C28H33OP/c1-22(2)27-20-19-23(3)21-28(27,24-13-7-4-8-14-24)29-30(25-15-9-5-10-16-25)26-17-11-6-12-18-26/h4-18,22-23,27H,19-21H2,1-3H3/t23?,27-,28-/m1/s1. The lowest BCUT2D eigenvalue weighted by atomic mass is 9.64. The molecule has 156 valence electrons. The Balaban J connectivity index is 1.85. The smallest absolute Gasteiger partial charge is 0.102 e. The summed E-state index contributed by atoms with van der Waals surface area (Å²) in [4.78, 5) is 0. The summed E-state index contributed by atoms with van der Waals surface area (Å²) < 4.78 is 7.45. The van der Waals surface area contributed by atoms with Crippen LogP contribution in [0.4, 0.5) is 0 Å². The van der Waals surface area contributed by atoms with Crippen molar-refractivity contribution in [2.24, 2.45) is 17.8 Å². The minimum atomic E-state index is -0.916. The summed E-state index contributed by atoms with van der Waals surface area (Å²) in [6.45, 7) is 7.13. The maximum Gasteiger partial charge on any atom is 0.102 e. The molecule has 0 amide bonds. The Kier molecular flexibility index (Phi) is 6.71. The molecular weight excluding hydrogens is 383 g/mol. The number of rotatable bonds is 6. The van der Waals surface area contributed by atoms with E-state index in [4.69, 9.17) is 4.52 Å². The van der Waals surface area contributed by atoms with Crippen LogP contribution in [-0.4, -0.2) is 0 Å². The van der Waals surface area contributed by atoms with Gasteiger partial charge in [0.2, 0.25) is 0 Å². The van der Waals surface area contributed by atoms with Crippen LogP contribution in [0.2, 0.25) is 0 Å². The lowest BCUT2D eigenvalue weighted by molar-refractivity contribution is -0.0551. The fourth-order valence-corrected chi connectivity index (χ4v) is 7.13. The second-order valence-corrected chi connectivity index (χ2v) is 10.9. The van der Waals surface area contributed by atoms with E-state index in [1.165, 1.54) is 29.0 Å². The van der Waals surface area contributed by atoms with E-state index in [0.29, 0.717) is 17.8 Å². The van der Waals surface area contributed by atoms with Gasteiger partial charge in [0.15, 0.2) is 0 Å². The van der Waals surface area contributed by atoms with Gasteiger partial charge in [-0.3, -0.25) is 0 Å². The molecule has 1 unspecified atom stereocenters. The first kappa shape index (κ1) is 21.3. The van der Waals surface area contributed by atoms with Crippen LogP contribution in [0.1, 0.15) is 45.6 Å². The van der Waals surface area contributed by atoms with Gasteiger partial charge in [0.1, 0.15) is 5.60 Å². The van der Waals surface area contributed by atoms with Crippen LogP contribution in [0.25, 0.3) is 0 Å². The highest BCUT2D eigenvalue weighted by molar-refractivity contribution is 7.68. The highest BCUT2D eigenvalue weighted by Crippen LogP contribution is 2.56. The van der Waals surface area contributed by atoms with Crippen molar-refractivity contribution in [3.05, 3.63) is 96.6 Å². The highest BCUT2D eigenvalue weighted by atomic mass is 31.1. The van der Waals surface area contributed by atoms with Gasteiger partial charge in [0.05, 0.1) is 8.15 Å². The lowest BCUT2D eigenvalue weighted by Crippen LogP contribution is -2.45. The number of hydrogen-bond donors (Lipinski definition) is 0. The second-order valence-electron chi connectivity index (χ2n) is 9.05. The van der Waals surface area contributed by atoms with E-state index in [0.717, 1.165) is 6.42 Å². The molecular formula is C28H33OP. The molecule has 4 rings (SSSR count). The molecule has 1 aliphatic carbocycles. The van der Waals surface area contributed by atoms with Crippen molar-refractivity contribution in [1.29, 1.82) is 0 Å². The fraction of sp³-hybridized carbons (Fsp3) is 0.357. The van der Waals surface area contributed by atoms with Crippen LogP contribution in [0.15, 0.2) is 91.0 Å². The summed E-state index contributed by atoms with van der Waals surface area (Å²) in [6, 6.07) is 32.7. The van der Waals surface area contributed by atoms with Crippen molar-refractivity contribution in [2.75, 3.05) is 0 Å². The Labute approximate surface area is 183 Å². The van der Waals surface area contributed by atoms with Crippen LogP contribution < -0.4 is 10.6 Å². The average molecular weight is 417 g/mol. The van der Waals surface area contributed by atoms with E-state index in [-0.39, 0.29) is 5.60 Å². The van der Waals surface area contributed by atoms with Gasteiger partial charge >= 0.3 is 0 Å². The SMILES string of the molecule is CC1CC[C@H](C(C)C)[C@](OP(c2ccccc2)c2ccccc2)(c2ccccc2)C1. The summed E-state index contributed by atoms with van der Waals surface area (Å²) in [5.41, 5.74) is 1.08. The molecule has 1 aliphatic rings. The van der Waals surface area contributed by atoms with E-state index >= 15 is 0 Å². The first-order valence-electron chi connectivity index (χ1n) is 11.2. The third-order valence-corrected chi connectivity index (χ3v) is 8.57. The molecule has 3 aromatic carbocycles. The van der Waals surface area contributed by atoms with Gasteiger partial charge in [-0.1, -0.05) is 118 Å². The van der Waals surface area contributed by atoms with Crippen molar-refractivity contribution >= 4 is 18.8 Å². The van der Waals surface area contributed by atoms with Crippen molar-refractivity contribution < 1.29 is 4.52 Å². The number of benzene rings is 3. The van der Waals surface area contributed by atoms with Crippen molar-refractivity contribution in [3.8, 4) is 0 Å². The summed E-state index contributed by atoms with van der Waals surface area (Å²) in [6.07, 6.45) is 3.59. The van der Waals surface area contributed by atoms with E-state index in [1.54, 1.807) is 0 Å². The maximum atomic E-state index is 7.45. The minimum absolute atomic E-state index is 0.259. The zero-order chi connectivity index (χ0) is 21.0. The first-order chi connectivity index (χ1) is 14.6. The molecule has 1 fully saturated rings. The monoisotopic (exact) mass is 416 g/mol. The molecule has 0 N–H and O–H groups in total. The highest BCUT2D eigenvalue weighted by Gasteiger charge is 2.48. The molecule has 2 heteroatoms. The molecule has 0 radical (unpaired) electrons. The molecule has 0 bridgehead atoms. The number of hydrogen-bond acceptors (Lipinski definition) is 1. The summed E-state index contributed by atoms with van der Waals surface area (Å²) >= 11 is 0. The zero-order valence-corrected chi connectivity index (χ0v) is 19.3. The van der Waals surface area contributed by atoms with Gasteiger partial charge < -0.3 is 4.52 Å². The third kappa shape index (κ3) is 4.39.